The fourth-order valence-electron chi connectivity index (χ4n) is 1.47. The van der Waals surface area contributed by atoms with Crippen LogP contribution >= 0.6 is 15.9 Å². The molecule has 1 heteroatoms. The SMILES string of the molecule is Cc1ccc(C#C/C=C/c2ccc(Br)cc2)cc1. The molecular formula is C17H13Br. The van der Waals surface area contributed by atoms with Gasteiger partial charge in [0.15, 0.2) is 0 Å². The lowest BCUT2D eigenvalue weighted by Crippen LogP contribution is -1.74. The zero-order chi connectivity index (χ0) is 12.8. The molecule has 2 aromatic carbocycles. The molecule has 0 atom stereocenters. The molecule has 0 aliphatic rings. The van der Waals surface area contributed by atoms with E-state index in [0.29, 0.717) is 0 Å². The predicted molar refractivity (Wildman–Crippen MR) is 81.2 cm³/mol. The Morgan fingerprint density at radius 1 is 0.944 bits per heavy atom. The molecule has 0 aliphatic carbocycles. The van der Waals surface area contributed by atoms with E-state index in [0.717, 1.165) is 15.6 Å². The summed E-state index contributed by atoms with van der Waals surface area (Å²) in [5.74, 6) is 6.15. The van der Waals surface area contributed by atoms with Crippen molar-refractivity contribution in [3.05, 3.63) is 75.8 Å². The zero-order valence-corrected chi connectivity index (χ0v) is 11.7. The summed E-state index contributed by atoms with van der Waals surface area (Å²) in [5, 5.41) is 0. The summed E-state index contributed by atoms with van der Waals surface area (Å²) in [6.45, 7) is 2.07. The van der Waals surface area contributed by atoms with Crippen LogP contribution in [0.25, 0.3) is 6.08 Å². The van der Waals surface area contributed by atoms with E-state index in [4.69, 9.17) is 0 Å². The first kappa shape index (κ1) is 12.7. The van der Waals surface area contributed by atoms with Crippen molar-refractivity contribution in [1.82, 2.24) is 0 Å². The van der Waals surface area contributed by atoms with Gasteiger partial charge >= 0.3 is 0 Å². The largest absolute Gasteiger partial charge is 0.0696 e. The average molecular weight is 297 g/mol. The smallest absolute Gasteiger partial charge is 0.0249 e. The van der Waals surface area contributed by atoms with E-state index < -0.39 is 0 Å². The Balaban J connectivity index is 2.03. The second-order valence-corrected chi connectivity index (χ2v) is 4.94. The van der Waals surface area contributed by atoms with Crippen LogP contribution in [0.2, 0.25) is 0 Å². The molecule has 0 amide bonds. The maximum atomic E-state index is 3.41. The molecule has 0 saturated carbocycles. The number of halogens is 1. The minimum atomic E-state index is 1.04. The second kappa shape index (κ2) is 6.23. The molecule has 0 aromatic heterocycles. The Morgan fingerprint density at radius 3 is 2.28 bits per heavy atom. The van der Waals surface area contributed by atoms with E-state index >= 15 is 0 Å². The topological polar surface area (TPSA) is 0 Å². The molecule has 0 fully saturated rings. The maximum absolute atomic E-state index is 3.41. The highest BCUT2D eigenvalue weighted by Gasteiger charge is 1.86. The van der Waals surface area contributed by atoms with Gasteiger partial charge in [0.05, 0.1) is 0 Å². The third kappa shape index (κ3) is 3.91. The van der Waals surface area contributed by atoms with E-state index in [-0.39, 0.29) is 0 Å². The maximum Gasteiger partial charge on any atom is 0.0249 e. The molecule has 0 saturated heterocycles. The van der Waals surface area contributed by atoms with Gasteiger partial charge in [-0.15, -0.1) is 0 Å². The molecular weight excluding hydrogens is 284 g/mol. The van der Waals surface area contributed by atoms with Gasteiger partial charge in [-0.3, -0.25) is 0 Å². The zero-order valence-electron chi connectivity index (χ0n) is 10.2. The van der Waals surface area contributed by atoms with Crippen molar-refractivity contribution in [2.24, 2.45) is 0 Å². The number of allylic oxidation sites excluding steroid dienone is 1. The van der Waals surface area contributed by atoms with E-state index in [1.807, 2.05) is 48.6 Å². The van der Waals surface area contributed by atoms with E-state index in [2.05, 4.69) is 46.8 Å². The summed E-state index contributed by atoms with van der Waals surface area (Å²) >= 11 is 3.41. The lowest BCUT2D eigenvalue weighted by atomic mass is 10.1. The number of rotatable bonds is 1. The fourth-order valence-corrected chi connectivity index (χ4v) is 1.74. The van der Waals surface area contributed by atoms with Crippen LogP contribution in [-0.2, 0) is 0 Å². The van der Waals surface area contributed by atoms with Crippen LogP contribution in [0.1, 0.15) is 16.7 Å². The quantitative estimate of drug-likeness (QED) is 0.662. The van der Waals surface area contributed by atoms with Crippen LogP contribution in [0.15, 0.2) is 59.1 Å². The highest BCUT2D eigenvalue weighted by atomic mass is 79.9. The lowest BCUT2D eigenvalue weighted by Gasteiger charge is -1.92. The molecule has 0 heterocycles. The summed E-state index contributed by atoms with van der Waals surface area (Å²) in [4.78, 5) is 0. The Bertz CT molecular complexity index is 593. The van der Waals surface area contributed by atoms with Crippen molar-refractivity contribution in [3.63, 3.8) is 0 Å². The Hall–Kier alpha value is -1.78. The minimum absolute atomic E-state index is 1.04. The summed E-state index contributed by atoms with van der Waals surface area (Å²) < 4.78 is 1.09. The first-order valence-corrected chi connectivity index (χ1v) is 6.54. The molecule has 2 aromatic rings. The first-order valence-electron chi connectivity index (χ1n) is 5.74. The molecule has 0 spiro atoms. The van der Waals surface area contributed by atoms with Gasteiger partial charge in [-0.2, -0.15) is 0 Å². The van der Waals surface area contributed by atoms with E-state index in [9.17, 15) is 0 Å². The Labute approximate surface area is 116 Å². The third-order valence-electron chi connectivity index (χ3n) is 2.50. The van der Waals surface area contributed by atoms with Crippen molar-refractivity contribution < 1.29 is 0 Å². The molecule has 0 bridgehead atoms. The summed E-state index contributed by atoms with van der Waals surface area (Å²) in [7, 11) is 0. The van der Waals surface area contributed by atoms with Crippen LogP contribution in [0.4, 0.5) is 0 Å². The highest BCUT2D eigenvalue weighted by molar-refractivity contribution is 9.10. The van der Waals surface area contributed by atoms with Crippen LogP contribution in [0.3, 0.4) is 0 Å². The van der Waals surface area contributed by atoms with Crippen molar-refractivity contribution in [2.45, 2.75) is 6.92 Å². The summed E-state index contributed by atoms with van der Waals surface area (Å²) in [5.41, 5.74) is 3.45. The van der Waals surface area contributed by atoms with E-state index in [1.165, 1.54) is 5.56 Å². The van der Waals surface area contributed by atoms with Crippen molar-refractivity contribution in [1.29, 1.82) is 0 Å². The normalized spacial score (nSPS) is 10.1. The summed E-state index contributed by atoms with van der Waals surface area (Å²) in [6, 6.07) is 16.4. The van der Waals surface area contributed by atoms with Crippen molar-refractivity contribution in [2.75, 3.05) is 0 Å². The molecule has 0 nitrogen and oxygen atoms in total. The van der Waals surface area contributed by atoms with Crippen molar-refractivity contribution in [3.8, 4) is 11.8 Å². The van der Waals surface area contributed by atoms with Gasteiger partial charge in [-0.25, -0.2) is 0 Å². The molecule has 88 valence electrons. The first-order chi connectivity index (χ1) is 8.74. The van der Waals surface area contributed by atoms with Crippen molar-refractivity contribution >= 4 is 22.0 Å². The minimum Gasteiger partial charge on any atom is -0.0696 e. The monoisotopic (exact) mass is 296 g/mol. The Kier molecular flexibility index (Phi) is 4.39. The van der Waals surface area contributed by atoms with Crippen LogP contribution in [0, 0.1) is 18.8 Å². The molecule has 0 N–H and O–H groups in total. The van der Waals surface area contributed by atoms with Crippen LogP contribution in [0.5, 0.6) is 0 Å². The summed E-state index contributed by atoms with van der Waals surface area (Å²) in [6.07, 6.45) is 3.89. The highest BCUT2D eigenvalue weighted by Crippen LogP contribution is 2.11. The molecule has 2 rings (SSSR count). The molecule has 0 unspecified atom stereocenters. The standard InChI is InChI=1S/C17H13Br/c1-14-6-8-15(9-7-14)4-2-3-5-16-10-12-17(18)13-11-16/h3,5-13H,1H3/b5-3+. The van der Waals surface area contributed by atoms with Gasteiger partial charge in [-0.1, -0.05) is 57.6 Å². The lowest BCUT2D eigenvalue weighted by molar-refractivity contribution is 1.46. The number of benzene rings is 2. The predicted octanol–water partition coefficient (Wildman–Crippen LogP) is 4.82. The average Bonchev–Trinajstić information content (AvgIpc) is 2.39. The van der Waals surface area contributed by atoms with Crippen LogP contribution in [-0.4, -0.2) is 0 Å². The molecule has 0 radical (unpaired) electrons. The van der Waals surface area contributed by atoms with Crippen LogP contribution < -0.4 is 0 Å². The van der Waals surface area contributed by atoms with E-state index in [1.54, 1.807) is 0 Å². The number of hydrogen-bond donors (Lipinski definition) is 0. The number of aryl methyl sites for hydroxylation is 1. The van der Waals surface area contributed by atoms with Gasteiger partial charge in [0.25, 0.3) is 0 Å². The molecule has 18 heavy (non-hydrogen) atoms. The van der Waals surface area contributed by atoms with Gasteiger partial charge < -0.3 is 0 Å². The number of hydrogen-bond acceptors (Lipinski definition) is 0. The second-order valence-electron chi connectivity index (χ2n) is 4.02. The van der Waals surface area contributed by atoms with Gasteiger partial charge in [0.2, 0.25) is 0 Å². The molecule has 0 aliphatic heterocycles. The van der Waals surface area contributed by atoms with Gasteiger partial charge in [0, 0.05) is 10.0 Å². The van der Waals surface area contributed by atoms with Gasteiger partial charge in [0.1, 0.15) is 0 Å². The third-order valence-corrected chi connectivity index (χ3v) is 3.03. The Morgan fingerprint density at radius 2 is 1.61 bits per heavy atom. The fraction of sp³-hybridized carbons (Fsp3) is 0.0588. The van der Waals surface area contributed by atoms with Gasteiger partial charge in [-0.05, 0) is 48.9 Å².